The normalized spacial score (nSPS) is 8.93. The lowest BCUT2D eigenvalue weighted by Crippen LogP contribution is -2.12. The second-order valence-electron chi connectivity index (χ2n) is 2.60. The SMILES string of the molecule is COC(=O)c1cc(C(=N)N)ccc1Br.Cl. The number of nitrogens with one attached hydrogen (secondary N) is 1. The molecule has 0 amide bonds. The average molecular weight is 294 g/mol. The number of rotatable bonds is 2. The number of halogens is 2. The predicted octanol–water partition coefficient (Wildman–Crippen LogP) is 1.94. The zero-order valence-electron chi connectivity index (χ0n) is 7.91. The molecule has 0 heterocycles. The molecule has 0 bridgehead atoms. The van der Waals surface area contributed by atoms with E-state index in [-0.39, 0.29) is 18.2 Å². The molecule has 0 saturated carbocycles. The Bertz CT molecular complexity index is 396. The summed E-state index contributed by atoms with van der Waals surface area (Å²) in [5.74, 6) is -0.539. The summed E-state index contributed by atoms with van der Waals surface area (Å²) in [6, 6.07) is 4.82. The molecule has 0 spiro atoms. The van der Waals surface area contributed by atoms with Crippen molar-refractivity contribution in [3.8, 4) is 0 Å². The molecule has 0 aliphatic carbocycles. The second-order valence-corrected chi connectivity index (χ2v) is 3.45. The minimum Gasteiger partial charge on any atom is -0.465 e. The van der Waals surface area contributed by atoms with Gasteiger partial charge in [-0.25, -0.2) is 4.79 Å². The molecule has 0 aliphatic heterocycles. The highest BCUT2D eigenvalue weighted by atomic mass is 79.9. The van der Waals surface area contributed by atoms with Crippen molar-refractivity contribution >= 4 is 40.1 Å². The minimum absolute atomic E-state index is 0. The average Bonchev–Trinajstić information content (AvgIpc) is 2.17. The van der Waals surface area contributed by atoms with Crippen molar-refractivity contribution in [3.63, 3.8) is 0 Å². The van der Waals surface area contributed by atoms with Crippen LogP contribution in [0.15, 0.2) is 22.7 Å². The van der Waals surface area contributed by atoms with Gasteiger partial charge in [-0.1, -0.05) is 6.07 Å². The van der Waals surface area contributed by atoms with Crippen LogP contribution in [-0.4, -0.2) is 18.9 Å². The van der Waals surface area contributed by atoms with Crippen LogP contribution < -0.4 is 5.73 Å². The second kappa shape index (κ2) is 5.72. The third-order valence-electron chi connectivity index (χ3n) is 1.68. The topological polar surface area (TPSA) is 76.2 Å². The molecule has 4 nitrogen and oxygen atoms in total. The first-order valence-electron chi connectivity index (χ1n) is 3.78. The van der Waals surface area contributed by atoms with Gasteiger partial charge in [-0.05, 0) is 28.1 Å². The van der Waals surface area contributed by atoms with Crippen LogP contribution in [0.5, 0.6) is 0 Å². The summed E-state index contributed by atoms with van der Waals surface area (Å²) in [4.78, 5) is 11.2. The molecule has 0 fully saturated rings. The number of esters is 1. The first-order valence-corrected chi connectivity index (χ1v) is 4.58. The molecule has 6 heteroatoms. The molecular formula is C9H10BrClN2O2. The zero-order valence-corrected chi connectivity index (χ0v) is 10.3. The Kier molecular flexibility index (Phi) is 5.32. The molecule has 0 atom stereocenters. The van der Waals surface area contributed by atoms with E-state index in [1.54, 1.807) is 12.1 Å². The minimum atomic E-state index is -0.458. The van der Waals surface area contributed by atoms with Crippen LogP contribution in [0.25, 0.3) is 0 Å². The molecule has 3 N–H and O–H groups in total. The summed E-state index contributed by atoms with van der Waals surface area (Å²) in [5, 5.41) is 7.21. The van der Waals surface area contributed by atoms with E-state index in [9.17, 15) is 4.79 Å². The molecule has 0 aromatic heterocycles. The van der Waals surface area contributed by atoms with E-state index in [1.807, 2.05) is 0 Å². The molecule has 1 rings (SSSR count). The summed E-state index contributed by atoms with van der Waals surface area (Å²) in [6.07, 6.45) is 0. The van der Waals surface area contributed by atoms with Gasteiger partial charge in [-0.15, -0.1) is 12.4 Å². The number of benzene rings is 1. The summed E-state index contributed by atoms with van der Waals surface area (Å²) in [6.45, 7) is 0. The maximum Gasteiger partial charge on any atom is 0.339 e. The van der Waals surface area contributed by atoms with Crippen LogP contribution in [0.3, 0.4) is 0 Å². The van der Waals surface area contributed by atoms with Crippen molar-refractivity contribution in [2.75, 3.05) is 7.11 Å². The molecule has 82 valence electrons. The highest BCUT2D eigenvalue weighted by Gasteiger charge is 2.11. The Morgan fingerprint density at radius 3 is 2.60 bits per heavy atom. The van der Waals surface area contributed by atoms with Crippen LogP contribution >= 0.6 is 28.3 Å². The van der Waals surface area contributed by atoms with Crippen LogP contribution in [0, 0.1) is 5.41 Å². The van der Waals surface area contributed by atoms with Crippen molar-refractivity contribution in [1.29, 1.82) is 5.41 Å². The third-order valence-corrected chi connectivity index (χ3v) is 2.37. The molecule has 1 aromatic carbocycles. The quantitative estimate of drug-likeness (QED) is 0.497. The fourth-order valence-corrected chi connectivity index (χ4v) is 1.37. The number of nitrogen functional groups attached to an aromatic ring is 1. The van der Waals surface area contributed by atoms with E-state index < -0.39 is 5.97 Å². The number of hydrogen-bond acceptors (Lipinski definition) is 3. The summed E-state index contributed by atoms with van der Waals surface area (Å²) < 4.78 is 5.19. The van der Waals surface area contributed by atoms with Gasteiger partial charge < -0.3 is 10.5 Å². The van der Waals surface area contributed by atoms with E-state index in [1.165, 1.54) is 13.2 Å². The van der Waals surface area contributed by atoms with Gasteiger partial charge in [-0.3, -0.25) is 5.41 Å². The number of carbonyl (C=O) groups excluding carboxylic acids is 1. The Morgan fingerprint density at radius 2 is 2.13 bits per heavy atom. The monoisotopic (exact) mass is 292 g/mol. The van der Waals surface area contributed by atoms with Crippen LogP contribution in [0.4, 0.5) is 0 Å². The third kappa shape index (κ3) is 3.21. The van der Waals surface area contributed by atoms with E-state index in [4.69, 9.17) is 11.1 Å². The highest BCUT2D eigenvalue weighted by molar-refractivity contribution is 9.10. The molecular weight excluding hydrogens is 283 g/mol. The largest absolute Gasteiger partial charge is 0.465 e. The smallest absolute Gasteiger partial charge is 0.339 e. The summed E-state index contributed by atoms with van der Waals surface area (Å²) >= 11 is 3.21. The van der Waals surface area contributed by atoms with Gasteiger partial charge in [0.05, 0.1) is 12.7 Å². The fraction of sp³-hybridized carbons (Fsp3) is 0.111. The molecule has 15 heavy (non-hydrogen) atoms. The Hall–Kier alpha value is -1.07. The number of ether oxygens (including phenoxy) is 1. The Balaban J connectivity index is 0.00000196. The van der Waals surface area contributed by atoms with Gasteiger partial charge in [-0.2, -0.15) is 0 Å². The predicted molar refractivity (Wildman–Crippen MR) is 63.7 cm³/mol. The molecule has 0 radical (unpaired) electrons. The van der Waals surface area contributed by atoms with E-state index in [2.05, 4.69) is 20.7 Å². The highest BCUT2D eigenvalue weighted by Crippen LogP contribution is 2.18. The Labute approximate surface area is 102 Å². The van der Waals surface area contributed by atoms with Gasteiger partial charge in [0.2, 0.25) is 0 Å². The van der Waals surface area contributed by atoms with Crippen molar-refractivity contribution in [2.45, 2.75) is 0 Å². The van der Waals surface area contributed by atoms with Crippen LogP contribution in [0.1, 0.15) is 15.9 Å². The lowest BCUT2D eigenvalue weighted by atomic mass is 10.1. The number of hydrogen-bond donors (Lipinski definition) is 2. The maximum absolute atomic E-state index is 11.2. The first kappa shape index (κ1) is 13.9. The number of methoxy groups -OCH3 is 1. The van der Waals surface area contributed by atoms with Crippen molar-refractivity contribution < 1.29 is 9.53 Å². The van der Waals surface area contributed by atoms with Crippen molar-refractivity contribution in [2.24, 2.45) is 5.73 Å². The maximum atomic E-state index is 11.2. The fourth-order valence-electron chi connectivity index (χ4n) is 0.959. The number of amidine groups is 1. The molecule has 0 unspecified atom stereocenters. The van der Waals surface area contributed by atoms with Gasteiger partial charge in [0, 0.05) is 10.0 Å². The van der Waals surface area contributed by atoms with Crippen LogP contribution in [0.2, 0.25) is 0 Å². The van der Waals surface area contributed by atoms with Gasteiger partial charge >= 0.3 is 5.97 Å². The van der Waals surface area contributed by atoms with E-state index >= 15 is 0 Å². The number of carbonyl (C=O) groups is 1. The van der Waals surface area contributed by atoms with Gasteiger partial charge in [0.15, 0.2) is 0 Å². The molecule has 0 aliphatic rings. The van der Waals surface area contributed by atoms with Crippen LogP contribution in [-0.2, 0) is 4.74 Å². The van der Waals surface area contributed by atoms with Crippen molar-refractivity contribution in [1.82, 2.24) is 0 Å². The van der Waals surface area contributed by atoms with Gasteiger partial charge in [0.25, 0.3) is 0 Å². The van der Waals surface area contributed by atoms with Crippen molar-refractivity contribution in [3.05, 3.63) is 33.8 Å². The van der Waals surface area contributed by atoms with E-state index in [0.29, 0.717) is 15.6 Å². The lowest BCUT2D eigenvalue weighted by Gasteiger charge is -2.04. The standard InChI is InChI=1S/C9H9BrN2O2.ClH/c1-14-9(13)6-4-5(8(11)12)2-3-7(6)10;/h2-4H,1H3,(H3,11,12);1H. The molecule has 0 saturated heterocycles. The van der Waals surface area contributed by atoms with Gasteiger partial charge in [0.1, 0.15) is 5.84 Å². The Morgan fingerprint density at radius 1 is 1.53 bits per heavy atom. The summed E-state index contributed by atoms with van der Waals surface area (Å²) in [5.41, 5.74) is 6.15. The first-order chi connectivity index (χ1) is 6.56. The number of nitrogens with two attached hydrogens (primary N) is 1. The lowest BCUT2D eigenvalue weighted by molar-refractivity contribution is 0.0599. The summed E-state index contributed by atoms with van der Waals surface area (Å²) in [7, 11) is 1.30. The van der Waals surface area contributed by atoms with E-state index in [0.717, 1.165) is 0 Å². The zero-order chi connectivity index (χ0) is 10.7. The molecule has 1 aromatic rings.